The molecule has 0 amide bonds. The highest BCUT2D eigenvalue weighted by atomic mass is 32.2. The second-order valence-corrected chi connectivity index (χ2v) is 5.01. The molecule has 0 aromatic heterocycles. The molecule has 1 N–H and O–H groups in total. The van der Waals surface area contributed by atoms with Crippen molar-refractivity contribution in [1.82, 2.24) is 5.32 Å². The third-order valence-corrected chi connectivity index (χ3v) is 3.54. The summed E-state index contributed by atoms with van der Waals surface area (Å²) in [5.74, 6) is 1.11. The molecule has 0 bridgehead atoms. The monoisotopic (exact) mass is 237 g/mol. The van der Waals surface area contributed by atoms with E-state index < -0.39 is 0 Å². The molecule has 1 nitrogen and oxygen atoms in total. The van der Waals surface area contributed by atoms with Crippen LogP contribution in [-0.4, -0.2) is 12.3 Å². The minimum absolute atomic E-state index is 0.658. The summed E-state index contributed by atoms with van der Waals surface area (Å²) in [6, 6.07) is 9.61. The standard InChI is InChI=1S/C14H23NS/c1-4-14(5-2)15-10-12-6-8-13(9-7-12)11-16-3/h6-9,14-15H,4-5,10-11H2,1-3H3. The Hall–Kier alpha value is -0.470. The molecular formula is C14H23NS. The van der Waals surface area contributed by atoms with Crippen LogP contribution in [0.5, 0.6) is 0 Å². The van der Waals surface area contributed by atoms with Crippen LogP contribution < -0.4 is 5.32 Å². The maximum atomic E-state index is 3.58. The van der Waals surface area contributed by atoms with Gasteiger partial charge in [-0.25, -0.2) is 0 Å². The van der Waals surface area contributed by atoms with Crippen LogP contribution in [0.25, 0.3) is 0 Å². The van der Waals surface area contributed by atoms with Crippen molar-refractivity contribution in [3.05, 3.63) is 35.4 Å². The molecule has 0 atom stereocenters. The molecule has 0 aliphatic heterocycles. The number of thioether (sulfide) groups is 1. The van der Waals surface area contributed by atoms with E-state index in [0.717, 1.165) is 12.3 Å². The number of hydrogen-bond donors (Lipinski definition) is 1. The second-order valence-electron chi connectivity index (χ2n) is 4.14. The molecule has 0 spiro atoms. The van der Waals surface area contributed by atoms with Crippen LogP contribution in [0.2, 0.25) is 0 Å². The Kier molecular flexibility index (Phi) is 6.58. The predicted molar refractivity (Wildman–Crippen MR) is 74.9 cm³/mol. The van der Waals surface area contributed by atoms with E-state index in [4.69, 9.17) is 0 Å². The highest BCUT2D eigenvalue weighted by Gasteiger charge is 2.01. The van der Waals surface area contributed by atoms with Gasteiger partial charge in [0.05, 0.1) is 0 Å². The first-order valence-electron chi connectivity index (χ1n) is 6.10. The molecule has 1 aromatic carbocycles. The summed E-state index contributed by atoms with van der Waals surface area (Å²) >= 11 is 1.87. The molecule has 0 heterocycles. The molecule has 0 saturated carbocycles. The van der Waals surface area contributed by atoms with Gasteiger partial charge >= 0.3 is 0 Å². The first-order valence-corrected chi connectivity index (χ1v) is 7.49. The normalized spacial score (nSPS) is 11.0. The predicted octanol–water partition coefficient (Wildman–Crippen LogP) is 3.83. The molecule has 0 radical (unpaired) electrons. The summed E-state index contributed by atoms with van der Waals surface area (Å²) in [6.07, 6.45) is 4.56. The smallest absolute Gasteiger partial charge is 0.0208 e. The van der Waals surface area contributed by atoms with E-state index in [1.54, 1.807) is 0 Å². The van der Waals surface area contributed by atoms with E-state index >= 15 is 0 Å². The van der Waals surface area contributed by atoms with E-state index in [9.17, 15) is 0 Å². The molecule has 0 aliphatic rings. The Morgan fingerprint density at radius 3 is 2.12 bits per heavy atom. The lowest BCUT2D eigenvalue weighted by atomic mass is 10.1. The fraction of sp³-hybridized carbons (Fsp3) is 0.571. The fourth-order valence-corrected chi connectivity index (χ4v) is 2.29. The van der Waals surface area contributed by atoms with Gasteiger partial charge in [0.2, 0.25) is 0 Å². The molecule has 0 saturated heterocycles. The summed E-state index contributed by atoms with van der Waals surface area (Å²) in [5, 5.41) is 3.58. The Bertz CT molecular complexity index is 277. The summed E-state index contributed by atoms with van der Waals surface area (Å²) < 4.78 is 0. The largest absolute Gasteiger partial charge is 0.310 e. The van der Waals surface area contributed by atoms with Crippen molar-refractivity contribution < 1.29 is 0 Å². The van der Waals surface area contributed by atoms with Crippen molar-refractivity contribution >= 4 is 11.8 Å². The van der Waals surface area contributed by atoms with Crippen LogP contribution in [0.4, 0.5) is 0 Å². The van der Waals surface area contributed by atoms with Crippen molar-refractivity contribution in [3.63, 3.8) is 0 Å². The van der Waals surface area contributed by atoms with Gasteiger partial charge in [0.15, 0.2) is 0 Å². The van der Waals surface area contributed by atoms with Crippen LogP contribution in [0.1, 0.15) is 37.8 Å². The average Bonchev–Trinajstić information content (AvgIpc) is 2.33. The fourth-order valence-electron chi connectivity index (χ4n) is 1.76. The number of nitrogens with one attached hydrogen (secondary N) is 1. The number of hydrogen-bond acceptors (Lipinski definition) is 2. The van der Waals surface area contributed by atoms with Gasteiger partial charge in [-0.1, -0.05) is 38.1 Å². The molecule has 16 heavy (non-hydrogen) atoms. The van der Waals surface area contributed by atoms with E-state index in [-0.39, 0.29) is 0 Å². The second kappa shape index (κ2) is 7.75. The summed E-state index contributed by atoms with van der Waals surface area (Å²) in [7, 11) is 0. The Morgan fingerprint density at radius 1 is 1.06 bits per heavy atom. The van der Waals surface area contributed by atoms with Gasteiger partial charge in [-0.2, -0.15) is 11.8 Å². The summed E-state index contributed by atoms with van der Waals surface area (Å²) in [4.78, 5) is 0. The van der Waals surface area contributed by atoms with Crippen molar-refractivity contribution in [2.75, 3.05) is 6.26 Å². The minimum Gasteiger partial charge on any atom is -0.310 e. The SMILES string of the molecule is CCC(CC)NCc1ccc(CSC)cc1. The first kappa shape index (κ1) is 13.6. The van der Waals surface area contributed by atoms with Gasteiger partial charge < -0.3 is 5.32 Å². The molecule has 2 heteroatoms. The van der Waals surface area contributed by atoms with Gasteiger partial charge in [-0.05, 0) is 30.2 Å². The molecular weight excluding hydrogens is 214 g/mol. The summed E-state index contributed by atoms with van der Waals surface area (Å²) in [5.41, 5.74) is 2.80. The highest BCUT2D eigenvalue weighted by molar-refractivity contribution is 7.97. The lowest BCUT2D eigenvalue weighted by Crippen LogP contribution is -2.26. The van der Waals surface area contributed by atoms with Crippen molar-refractivity contribution in [2.24, 2.45) is 0 Å². The maximum Gasteiger partial charge on any atom is 0.0208 e. The van der Waals surface area contributed by atoms with Crippen molar-refractivity contribution in [3.8, 4) is 0 Å². The quantitative estimate of drug-likeness (QED) is 0.773. The highest BCUT2D eigenvalue weighted by Crippen LogP contribution is 2.10. The minimum atomic E-state index is 0.658. The maximum absolute atomic E-state index is 3.58. The van der Waals surface area contributed by atoms with Crippen LogP contribution in [0, 0.1) is 0 Å². The Labute approximate surface area is 104 Å². The van der Waals surface area contributed by atoms with Crippen molar-refractivity contribution in [1.29, 1.82) is 0 Å². The topological polar surface area (TPSA) is 12.0 Å². The zero-order valence-electron chi connectivity index (χ0n) is 10.6. The van der Waals surface area contributed by atoms with Gasteiger partial charge in [-0.3, -0.25) is 0 Å². The van der Waals surface area contributed by atoms with E-state index in [2.05, 4.69) is 49.7 Å². The Morgan fingerprint density at radius 2 is 1.62 bits per heavy atom. The average molecular weight is 237 g/mol. The third kappa shape index (κ3) is 4.58. The lowest BCUT2D eigenvalue weighted by molar-refractivity contribution is 0.484. The summed E-state index contributed by atoms with van der Waals surface area (Å²) in [6.45, 7) is 5.47. The lowest BCUT2D eigenvalue weighted by Gasteiger charge is -2.14. The van der Waals surface area contributed by atoms with Gasteiger partial charge in [0.1, 0.15) is 0 Å². The van der Waals surface area contributed by atoms with E-state index in [1.807, 2.05) is 11.8 Å². The third-order valence-electron chi connectivity index (χ3n) is 2.91. The number of benzene rings is 1. The molecule has 1 aromatic rings. The van der Waals surface area contributed by atoms with Crippen LogP contribution in [0.3, 0.4) is 0 Å². The van der Waals surface area contributed by atoms with Crippen LogP contribution in [-0.2, 0) is 12.3 Å². The van der Waals surface area contributed by atoms with Crippen LogP contribution >= 0.6 is 11.8 Å². The number of rotatable bonds is 7. The molecule has 0 unspecified atom stereocenters. The van der Waals surface area contributed by atoms with Gasteiger partial charge in [-0.15, -0.1) is 0 Å². The van der Waals surface area contributed by atoms with E-state index in [1.165, 1.54) is 24.0 Å². The van der Waals surface area contributed by atoms with E-state index in [0.29, 0.717) is 6.04 Å². The van der Waals surface area contributed by atoms with Crippen LogP contribution in [0.15, 0.2) is 24.3 Å². The molecule has 90 valence electrons. The van der Waals surface area contributed by atoms with Gasteiger partial charge in [0.25, 0.3) is 0 Å². The molecule has 1 rings (SSSR count). The molecule has 0 fully saturated rings. The van der Waals surface area contributed by atoms with Gasteiger partial charge in [0, 0.05) is 18.3 Å². The molecule has 0 aliphatic carbocycles. The van der Waals surface area contributed by atoms with Crippen molar-refractivity contribution in [2.45, 2.75) is 45.0 Å². The first-order chi connectivity index (χ1) is 7.80. The Balaban J connectivity index is 2.42. The zero-order valence-corrected chi connectivity index (χ0v) is 11.4. The zero-order chi connectivity index (χ0) is 11.8.